The summed E-state index contributed by atoms with van der Waals surface area (Å²) >= 11 is 0. The van der Waals surface area contributed by atoms with Gasteiger partial charge in [-0.3, -0.25) is 0 Å². The van der Waals surface area contributed by atoms with Gasteiger partial charge >= 0.3 is 6.09 Å². The predicted octanol–water partition coefficient (Wildman–Crippen LogP) is 5.16. The minimum absolute atomic E-state index is 0.000101. The maximum atomic E-state index is 11.8. The van der Waals surface area contributed by atoms with Gasteiger partial charge < -0.3 is 19.3 Å². The lowest BCUT2D eigenvalue weighted by Crippen LogP contribution is -2.52. The van der Waals surface area contributed by atoms with Crippen LogP contribution in [0.3, 0.4) is 0 Å². The molecule has 0 aliphatic heterocycles. The molecule has 0 aromatic heterocycles. The van der Waals surface area contributed by atoms with Crippen LogP contribution in [-0.2, 0) is 14.0 Å². The Balaban J connectivity index is 0.000000495. The highest BCUT2D eigenvalue weighted by molar-refractivity contribution is 6.74. The zero-order valence-corrected chi connectivity index (χ0v) is 19.2. The Bertz CT molecular complexity index is 642. The molecule has 6 heteroatoms. The van der Waals surface area contributed by atoms with Crippen molar-refractivity contribution < 1.29 is 18.8 Å². The minimum atomic E-state index is -2.07. The molecule has 0 saturated carbocycles. The number of carbonyl (C=O) groups excluding carboxylic acids is 2. The molecule has 2 rings (SSSR count). The summed E-state index contributed by atoms with van der Waals surface area (Å²) in [6, 6.07) is 8.04. The predicted molar refractivity (Wildman–Crippen MR) is 112 cm³/mol. The largest absolute Gasteiger partial charge is 0.444 e. The maximum Gasteiger partial charge on any atom is 0.407 e. The van der Waals surface area contributed by atoms with Crippen molar-refractivity contribution in [1.29, 1.82) is 0 Å². The third-order valence-corrected chi connectivity index (χ3v) is 9.19. The molecule has 0 radical (unpaired) electrons. The second-order valence-electron chi connectivity index (χ2n) is 9.49. The van der Waals surface area contributed by atoms with Crippen LogP contribution in [-0.4, -0.2) is 38.4 Å². The molecule has 0 aromatic rings. The van der Waals surface area contributed by atoms with Crippen LogP contribution in [0, 0.1) is 0 Å². The first-order valence-corrected chi connectivity index (χ1v) is 12.3. The van der Waals surface area contributed by atoms with E-state index in [2.05, 4.69) is 63.4 Å². The average Bonchev–Trinajstić information content (AvgIpc) is 3.08. The van der Waals surface area contributed by atoms with E-state index in [4.69, 9.17) is 9.16 Å². The summed E-state index contributed by atoms with van der Waals surface area (Å²) < 4.78 is 11.2. The van der Waals surface area contributed by atoms with E-state index in [9.17, 15) is 9.59 Å². The van der Waals surface area contributed by atoms with Crippen LogP contribution in [0.2, 0.25) is 18.1 Å². The van der Waals surface area contributed by atoms with Gasteiger partial charge in [-0.2, -0.15) is 0 Å². The number of benzene rings is 1. The fraction of sp³-hybridized carbons (Fsp3) is 0.619. The Labute approximate surface area is 165 Å². The number of aldehydes is 1. The van der Waals surface area contributed by atoms with Crippen molar-refractivity contribution >= 4 is 20.7 Å². The van der Waals surface area contributed by atoms with Crippen LogP contribution in [0.4, 0.5) is 4.79 Å². The molecule has 0 heterocycles. The molecule has 5 nitrogen and oxygen atoms in total. The van der Waals surface area contributed by atoms with Crippen LogP contribution in [0.15, 0.2) is 24.3 Å². The quantitative estimate of drug-likeness (QED) is 0.563. The van der Waals surface area contributed by atoms with Crippen LogP contribution in [0.1, 0.15) is 48.5 Å². The summed E-state index contributed by atoms with van der Waals surface area (Å²) in [6.45, 7) is 17.6. The van der Waals surface area contributed by atoms with E-state index in [1.165, 1.54) is 11.1 Å². The van der Waals surface area contributed by atoms with Gasteiger partial charge in [0.05, 0.1) is 6.04 Å². The van der Waals surface area contributed by atoms with E-state index in [1.807, 2.05) is 0 Å². The van der Waals surface area contributed by atoms with Crippen molar-refractivity contribution in [3.8, 4) is 11.1 Å². The molecule has 152 valence electrons. The molecule has 0 bridgehead atoms. The van der Waals surface area contributed by atoms with Crippen molar-refractivity contribution in [2.45, 2.75) is 84.3 Å². The number of nitrogens with one attached hydrogen (secondary N) is 1. The zero-order chi connectivity index (χ0) is 21.0. The minimum Gasteiger partial charge on any atom is -0.444 e. The first-order valence-electron chi connectivity index (χ1n) is 9.39. The van der Waals surface area contributed by atoms with Crippen molar-refractivity contribution in [1.82, 2.24) is 5.32 Å². The van der Waals surface area contributed by atoms with Gasteiger partial charge in [-0.1, -0.05) is 39.0 Å². The first-order chi connectivity index (χ1) is 12.2. The second-order valence-corrected chi connectivity index (χ2v) is 14.3. The number of ether oxygens (including phenoxy) is 1. The van der Waals surface area contributed by atoms with Crippen molar-refractivity contribution in [3.63, 3.8) is 0 Å². The summed E-state index contributed by atoms with van der Waals surface area (Å²) in [5.41, 5.74) is 2.28. The second kappa shape index (κ2) is 8.57. The summed E-state index contributed by atoms with van der Waals surface area (Å²) in [7, 11) is -2.07. The highest BCUT2D eigenvalue weighted by Crippen LogP contribution is 2.37. The standard InChI is InChI=1S/C15H31NO4Si.C6H4/c1-11(16-13(18)19-14(2,3)4)12(10-17)20-21(8,9)15(5,6)7;1-2-5-4-6(5)3-1/h10-12H,1-9H3,(H,16,18);1-4H/t11-,12+;/m0./s1. The van der Waals surface area contributed by atoms with Crippen LogP contribution in [0.25, 0.3) is 11.1 Å². The fourth-order valence-electron chi connectivity index (χ4n) is 2.02. The van der Waals surface area contributed by atoms with E-state index < -0.39 is 32.2 Å². The zero-order valence-electron chi connectivity index (χ0n) is 18.2. The molecular formula is C21H35NO4Si. The highest BCUT2D eigenvalue weighted by atomic mass is 28.4. The van der Waals surface area contributed by atoms with Gasteiger partial charge in [0.1, 0.15) is 18.0 Å². The molecule has 2 aliphatic rings. The van der Waals surface area contributed by atoms with Crippen molar-refractivity contribution in [3.05, 3.63) is 24.3 Å². The third kappa shape index (κ3) is 7.85. The third-order valence-electron chi connectivity index (χ3n) is 4.72. The lowest BCUT2D eigenvalue weighted by atomic mass is 10.2. The van der Waals surface area contributed by atoms with E-state index in [1.54, 1.807) is 27.7 Å². The van der Waals surface area contributed by atoms with Gasteiger partial charge in [-0.05, 0) is 63.0 Å². The molecule has 0 unspecified atom stereocenters. The normalized spacial score (nSPS) is 15.0. The smallest absolute Gasteiger partial charge is 0.407 e. The first kappa shape index (κ1) is 23.4. The molecule has 0 saturated heterocycles. The number of rotatable bonds is 5. The van der Waals surface area contributed by atoms with E-state index in [0.29, 0.717) is 0 Å². The number of amides is 1. The van der Waals surface area contributed by atoms with Crippen molar-refractivity contribution in [2.24, 2.45) is 0 Å². The average molecular weight is 394 g/mol. The highest BCUT2D eigenvalue weighted by Gasteiger charge is 2.40. The number of hydrogen-bond donors (Lipinski definition) is 1. The van der Waals surface area contributed by atoms with Crippen LogP contribution < -0.4 is 5.32 Å². The van der Waals surface area contributed by atoms with Gasteiger partial charge in [-0.25, -0.2) is 4.79 Å². The van der Waals surface area contributed by atoms with Crippen LogP contribution in [0.5, 0.6) is 0 Å². The molecule has 27 heavy (non-hydrogen) atoms. The number of fused-ring (bicyclic) bond motifs is 1. The molecule has 1 amide bonds. The summed E-state index contributed by atoms with van der Waals surface area (Å²) in [6.07, 6.45) is -0.457. The molecule has 2 aliphatic carbocycles. The number of carbonyl (C=O) groups is 2. The Morgan fingerprint density at radius 2 is 1.63 bits per heavy atom. The molecule has 1 N–H and O–H groups in total. The Morgan fingerprint density at radius 3 is 1.93 bits per heavy atom. The Kier molecular flexibility index (Phi) is 7.42. The summed E-state index contributed by atoms with van der Waals surface area (Å²) in [4.78, 5) is 23.1. The van der Waals surface area contributed by atoms with Crippen LogP contribution >= 0.6 is 0 Å². The number of alkyl carbamates (subject to hydrolysis) is 1. The Hall–Kier alpha value is -1.66. The van der Waals surface area contributed by atoms with Crippen molar-refractivity contribution in [2.75, 3.05) is 0 Å². The van der Waals surface area contributed by atoms with Gasteiger partial charge in [-0.15, -0.1) is 0 Å². The molecular weight excluding hydrogens is 358 g/mol. The van der Waals surface area contributed by atoms with Gasteiger partial charge in [0.15, 0.2) is 8.32 Å². The lowest BCUT2D eigenvalue weighted by molar-refractivity contribution is -0.115. The van der Waals surface area contributed by atoms with E-state index >= 15 is 0 Å². The summed E-state index contributed by atoms with van der Waals surface area (Å²) in [5, 5.41) is 2.67. The monoisotopic (exact) mass is 393 g/mol. The molecule has 2 atom stereocenters. The van der Waals surface area contributed by atoms with Gasteiger partial charge in [0, 0.05) is 0 Å². The number of hydrogen-bond acceptors (Lipinski definition) is 4. The van der Waals surface area contributed by atoms with E-state index in [0.717, 1.165) is 6.29 Å². The summed E-state index contributed by atoms with van der Waals surface area (Å²) in [5.74, 6) is 0. The molecule has 0 spiro atoms. The Morgan fingerprint density at radius 1 is 1.11 bits per heavy atom. The van der Waals surface area contributed by atoms with E-state index in [-0.39, 0.29) is 5.04 Å². The fourth-order valence-corrected chi connectivity index (χ4v) is 3.31. The lowest BCUT2D eigenvalue weighted by Gasteiger charge is -2.39. The van der Waals surface area contributed by atoms with Gasteiger partial charge in [0.2, 0.25) is 0 Å². The molecule has 0 fully saturated rings. The maximum absolute atomic E-state index is 11.8. The molecule has 0 aromatic carbocycles. The van der Waals surface area contributed by atoms with Gasteiger partial charge in [0.25, 0.3) is 0 Å². The topological polar surface area (TPSA) is 64.6 Å². The SMILES string of the molecule is C[C@H](NC(=O)OC(C)(C)C)[C@@H](C=O)O[Si](C)(C)C(C)(C)C.c1cc2cc-2c1.